The summed E-state index contributed by atoms with van der Waals surface area (Å²) < 4.78 is 19.6. The van der Waals surface area contributed by atoms with Gasteiger partial charge in [-0.25, -0.2) is 4.39 Å². The first-order valence-corrected chi connectivity index (χ1v) is 10.2. The summed E-state index contributed by atoms with van der Waals surface area (Å²) in [6, 6.07) is 0.370. The van der Waals surface area contributed by atoms with Crippen LogP contribution in [0.5, 0.6) is 0 Å². The number of rotatable bonds is 4. The Kier molecular flexibility index (Phi) is 7.08. The van der Waals surface area contributed by atoms with Gasteiger partial charge in [-0.2, -0.15) is 0 Å². The molecule has 3 rings (SSSR count). The van der Waals surface area contributed by atoms with Gasteiger partial charge in [0.15, 0.2) is 0 Å². The fraction of sp³-hybridized carbons (Fsp3) is 0.947. The molecule has 25 heavy (non-hydrogen) atoms. The van der Waals surface area contributed by atoms with Crippen LogP contribution in [-0.2, 0) is 9.53 Å². The number of carbonyl (C=O) groups is 1. The molecule has 3 fully saturated rings. The summed E-state index contributed by atoms with van der Waals surface area (Å²) in [7, 11) is 0. The molecule has 2 aliphatic heterocycles. The van der Waals surface area contributed by atoms with E-state index in [0.717, 1.165) is 6.54 Å². The molecular formula is C19H34FN3O2. The van der Waals surface area contributed by atoms with Crippen molar-refractivity contribution in [3.8, 4) is 0 Å². The summed E-state index contributed by atoms with van der Waals surface area (Å²) in [6.07, 6.45) is 7.95. The number of carbonyl (C=O) groups excluding carboxylic acids is 1. The number of halogens is 1. The number of hydrogen-bond donors (Lipinski definition) is 2. The van der Waals surface area contributed by atoms with Crippen LogP contribution in [0, 0.1) is 5.92 Å². The molecule has 1 amide bonds. The van der Waals surface area contributed by atoms with Crippen LogP contribution in [0.1, 0.15) is 58.3 Å². The van der Waals surface area contributed by atoms with E-state index in [-0.39, 0.29) is 24.7 Å². The molecule has 2 unspecified atom stereocenters. The maximum atomic E-state index is 14.2. The molecule has 0 aromatic rings. The van der Waals surface area contributed by atoms with E-state index >= 15 is 0 Å². The van der Waals surface area contributed by atoms with E-state index in [1.807, 2.05) is 6.92 Å². The second kappa shape index (κ2) is 9.28. The van der Waals surface area contributed by atoms with Crippen molar-refractivity contribution in [2.45, 2.75) is 82.8 Å². The van der Waals surface area contributed by atoms with Gasteiger partial charge in [0.05, 0.1) is 12.6 Å². The molecule has 2 heterocycles. The molecule has 3 aliphatic rings. The fourth-order valence-corrected chi connectivity index (χ4v) is 4.60. The van der Waals surface area contributed by atoms with Crippen LogP contribution in [0.4, 0.5) is 4.39 Å². The second-order valence-corrected chi connectivity index (χ2v) is 7.80. The average molecular weight is 355 g/mol. The van der Waals surface area contributed by atoms with Crippen molar-refractivity contribution in [2.75, 3.05) is 26.2 Å². The molecule has 0 aromatic carbocycles. The highest BCUT2D eigenvalue weighted by atomic mass is 19.1. The molecule has 0 aromatic heterocycles. The molecule has 0 spiro atoms. The number of nitrogens with one attached hydrogen (secondary N) is 2. The van der Waals surface area contributed by atoms with E-state index in [2.05, 4.69) is 10.6 Å². The zero-order valence-corrected chi connectivity index (χ0v) is 15.5. The van der Waals surface area contributed by atoms with Crippen LogP contribution in [-0.4, -0.2) is 61.5 Å². The highest BCUT2D eigenvalue weighted by molar-refractivity contribution is 5.82. The lowest BCUT2D eigenvalue weighted by Gasteiger charge is -2.35. The standard InChI is InChI=1S/C19H34FN3O2/c1-2-25-17-10-11-23(13-15(17)20)19(24)18-21-12-16(22-18)14-8-6-4-3-5-7-9-14/h14-18,21-22H,2-13H2,1H3/t15-,16?,17+,18?/m1/s1. The Balaban J connectivity index is 1.49. The Bertz CT molecular complexity index is 429. The van der Waals surface area contributed by atoms with E-state index in [4.69, 9.17) is 4.74 Å². The third-order valence-corrected chi connectivity index (χ3v) is 6.06. The monoisotopic (exact) mass is 355 g/mol. The summed E-state index contributed by atoms with van der Waals surface area (Å²) in [5.41, 5.74) is 0. The maximum absolute atomic E-state index is 14.2. The minimum Gasteiger partial charge on any atom is -0.375 e. The zero-order valence-electron chi connectivity index (χ0n) is 15.5. The van der Waals surface area contributed by atoms with Crippen LogP contribution >= 0.6 is 0 Å². The van der Waals surface area contributed by atoms with E-state index in [1.165, 1.54) is 44.9 Å². The molecule has 4 atom stereocenters. The zero-order chi connectivity index (χ0) is 17.6. The number of nitrogens with zero attached hydrogens (tertiary/aromatic N) is 1. The van der Waals surface area contributed by atoms with Crippen molar-refractivity contribution in [3.05, 3.63) is 0 Å². The molecule has 0 bridgehead atoms. The quantitative estimate of drug-likeness (QED) is 0.812. The Morgan fingerprint density at radius 1 is 1.16 bits per heavy atom. The lowest BCUT2D eigenvalue weighted by atomic mass is 9.86. The van der Waals surface area contributed by atoms with Crippen molar-refractivity contribution in [1.82, 2.24) is 15.5 Å². The maximum Gasteiger partial charge on any atom is 0.254 e. The Labute approximate surface area is 151 Å². The van der Waals surface area contributed by atoms with Crippen LogP contribution < -0.4 is 10.6 Å². The van der Waals surface area contributed by atoms with Gasteiger partial charge in [-0.1, -0.05) is 32.1 Å². The largest absolute Gasteiger partial charge is 0.375 e. The summed E-state index contributed by atoms with van der Waals surface area (Å²) in [4.78, 5) is 14.4. The normalized spacial score (nSPS) is 35.4. The lowest BCUT2D eigenvalue weighted by Crippen LogP contribution is -2.55. The van der Waals surface area contributed by atoms with Crippen molar-refractivity contribution in [1.29, 1.82) is 0 Å². The first-order chi connectivity index (χ1) is 12.2. The van der Waals surface area contributed by atoms with Crippen molar-refractivity contribution < 1.29 is 13.9 Å². The van der Waals surface area contributed by atoms with Gasteiger partial charge in [-0.15, -0.1) is 0 Å². The summed E-state index contributed by atoms with van der Waals surface area (Å²) in [5.74, 6) is 0.647. The highest BCUT2D eigenvalue weighted by Crippen LogP contribution is 2.26. The molecule has 0 radical (unpaired) electrons. The third-order valence-electron chi connectivity index (χ3n) is 6.06. The Morgan fingerprint density at radius 2 is 1.88 bits per heavy atom. The number of alkyl halides is 1. The summed E-state index contributed by atoms with van der Waals surface area (Å²) >= 11 is 0. The summed E-state index contributed by atoms with van der Waals surface area (Å²) in [6.45, 7) is 3.98. The van der Waals surface area contributed by atoms with Gasteiger partial charge in [0.2, 0.25) is 0 Å². The first kappa shape index (κ1) is 19.1. The number of piperidine rings is 1. The minimum absolute atomic E-state index is 0.00839. The van der Waals surface area contributed by atoms with Crippen LogP contribution in [0.15, 0.2) is 0 Å². The predicted molar refractivity (Wildman–Crippen MR) is 96.0 cm³/mol. The van der Waals surface area contributed by atoms with Crippen molar-refractivity contribution >= 4 is 5.91 Å². The third kappa shape index (κ3) is 4.92. The molecule has 5 nitrogen and oxygen atoms in total. The number of amides is 1. The molecule has 144 valence electrons. The van der Waals surface area contributed by atoms with Gasteiger partial charge in [0.1, 0.15) is 12.3 Å². The number of ether oxygens (including phenoxy) is 1. The molecule has 1 saturated carbocycles. The van der Waals surface area contributed by atoms with E-state index in [9.17, 15) is 9.18 Å². The van der Waals surface area contributed by atoms with Crippen molar-refractivity contribution in [2.24, 2.45) is 5.92 Å². The first-order valence-electron chi connectivity index (χ1n) is 10.2. The molecule has 6 heteroatoms. The van der Waals surface area contributed by atoms with Gasteiger partial charge < -0.3 is 9.64 Å². The average Bonchev–Trinajstić information content (AvgIpc) is 3.06. The van der Waals surface area contributed by atoms with E-state index in [0.29, 0.717) is 31.5 Å². The Hall–Kier alpha value is -0.720. The molecule has 2 N–H and O–H groups in total. The minimum atomic E-state index is -1.08. The van der Waals surface area contributed by atoms with Crippen LogP contribution in [0.3, 0.4) is 0 Å². The SMILES string of the molecule is CCO[C@H]1CCN(C(=O)C2NCC(C3CCCCCCC3)N2)C[C@H]1F. The second-order valence-electron chi connectivity index (χ2n) is 7.80. The topological polar surface area (TPSA) is 53.6 Å². The smallest absolute Gasteiger partial charge is 0.254 e. The molecule has 2 saturated heterocycles. The molecular weight excluding hydrogens is 321 g/mol. The summed E-state index contributed by atoms with van der Waals surface area (Å²) in [5, 5.41) is 6.83. The van der Waals surface area contributed by atoms with Crippen LogP contribution in [0.25, 0.3) is 0 Å². The van der Waals surface area contributed by atoms with Gasteiger partial charge in [-0.3, -0.25) is 15.4 Å². The van der Waals surface area contributed by atoms with Crippen LogP contribution in [0.2, 0.25) is 0 Å². The van der Waals surface area contributed by atoms with Gasteiger partial charge in [0, 0.05) is 25.7 Å². The number of hydrogen-bond acceptors (Lipinski definition) is 4. The predicted octanol–water partition coefficient (Wildman–Crippen LogP) is 2.21. The molecule has 1 aliphatic carbocycles. The van der Waals surface area contributed by atoms with E-state index in [1.54, 1.807) is 4.90 Å². The Morgan fingerprint density at radius 3 is 2.56 bits per heavy atom. The van der Waals surface area contributed by atoms with Gasteiger partial charge in [0.25, 0.3) is 5.91 Å². The fourth-order valence-electron chi connectivity index (χ4n) is 4.60. The van der Waals surface area contributed by atoms with Gasteiger partial charge >= 0.3 is 0 Å². The van der Waals surface area contributed by atoms with E-state index < -0.39 is 6.17 Å². The lowest BCUT2D eigenvalue weighted by molar-refractivity contribution is -0.139. The highest BCUT2D eigenvalue weighted by Gasteiger charge is 2.38. The van der Waals surface area contributed by atoms with Gasteiger partial charge in [-0.05, 0) is 32.1 Å². The van der Waals surface area contributed by atoms with Crippen molar-refractivity contribution in [3.63, 3.8) is 0 Å². The number of likely N-dealkylation sites (tertiary alicyclic amines) is 1.